The number of rotatable bonds is 79. The number of carbonyl (C=O) groups is 3. The fourth-order valence-corrected chi connectivity index (χ4v) is 12.9. The van der Waals surface area contributed by atoms with Crippen molar-refractivity contribution in [3.05, 3.63) is 122 Å². The van der Waals surface area contributed by atoms with Crippen molar-refractivity contribution in [3.8, 4) is 0 Å². The quantitative estimate of drug-likeness (QED) is 0.0146. The lowest BCUT2D eigenvalue weighted by atomic mass is 10.0. The van der Waals surface area contributed by atoms with Gasteiger partial charge in [-0.05, 0) is 135 Å². The van der Waals surface area contributed by atoms with E-state index in [1.54, 1.807) is 0 Å². The topological polar surface area (TPSA) is 231 Å². The molecule has 5 atom stereocenters. The molecule has 0 aliphatic rings. The van der Waals surface area contributed by atoms with Crippen LogP contribution in [0.1, 0.15) is 355 Å². The number of ether oxygens (including phenoxy) is 3. The molecule has 0 aromatic heterocycles. The summed E-state index contributed by atoms with van der Waals surface area (Å²) in [6.45, 7) is 2.51. The van der Waals surface area contributed by atoms with E-state index >= 15 is 0 Å². The van der Waals surface area contributed by atoms with Gasteiger partial charge in [0, 0.05) is 19.3 Å². The molecule has 0 aliphatic carbocycles. The maximum Gasteiger partial charge on any atom is 0.472 e. The van der Waals surface area contributed by atoms with Gasteiger partial charge in [0.15, 0.2) is 6.10 Å². The Morgan fingerprint density at radius 3 is 0.800 bits per heavy atom. The van der Waals surface area contributed by atoms with Crippen LogP contribution in [-0.4, -0.2) is 95.9 Å². The van der Waals surface area contributed by atoms with Crippen molar-refractivity contribution in [3.63, 3.8) is 0 Å². The van der Waals surface area contributed by atoms with Crippen molar-refractivity contribution in [1.82, 2.24) is 0 Å². The Labute approximate surface area is 640 Å². The minimum atomic E-state index is -4.94. The molecule has 0 amide bonds. The van der Waals surface area contributed by atoms with Crippen LogP contribution in [0.4, 0.5) is 0 Å². The summed E-state index contributed by atoms with van der Waals surface area (Å²) in [5.41, 5.74) is 0. The fraction of sp³-hybridized carbons (Fsp3) is 0.736. The van der Waals surface area contributed by atoms with Crippen molar-refractivity contribution < 1.29 is 75.8 Å². The molecule has 0 spiro atoms. The van der Waals surface area contributed by atoms with Crippen LogP contribution < -0.4 is 0 Å². The van der Waals surface area contributed by atoms with E-state index in [-0.39, 0.29) is 19.3 Å². The van der Waals surface area contributed by atoms with Gasteiger partial charge in [-0.2, -0.15) is 0 Å². The van der Waals surface area contributed by atoms with Gasteiger partial charge in [-0.3, -0.25) is 32.5 Å². The third-order valence-electron chi connectivity index (χ3n) is 17.6. The Bertz CT molecular complexity index is 2390. The maximum absolute atomic E-state index is 13.0. The average Bonchev–Trinajstić information content (AvgIpc) is 0.942. The minimum absolute atomic E-state index is 0.0851. The molecule has 0 bridgehead atoms. The third kappa shape index (κ3) is 80.8. The number of phosphoric acid groups is 2. The van der Waals surface area contributed by atoms with E-state index in [1.165, 1.54) is 141 Å². The Kier molecular flexibility index (Phi) is 76.4. The third-order valence-corrected chi connectivity index (χ3v) is 19.5. The number of esters is 3. The largest absolute Gasteiger partial charge is 0.472 e. The van der Waals surface area contributed by atoms with Crippen LogP contribution in [0.25, 0.3) is 0 Å². The zero-order valence-corrected chi connectivity index (χ0v) is 68.2. The van der Waals surface area contributed by atoms with E-state index < -0.39 is 91.5 Å². The number of hydrogen-bond acceptors (Lipinski definition) is 14. The standard InChI is InChI=1S/C87H152O16P2/c1-4-7-10-13-16-19-22-25-28-30-32-33-34-35-36-37-38-39-40-41-42-43-44-45-46-47-49-51-53-55-58-61-64-67-70-73-85(90)97-76-82(88)77-99-104(93,94)100-78-83(89)79-101-105(95,96)102-81-84(103-87(92)75-72-69-66-63-60-57-52-27-24-21-18-15-12-9-6-3)80-98-86(91)74-71-68-65-62-59-56-54-50-48-31-29-26-23-20-17-14-11-8-5-2/h7,10,16-21,25-29,32-33,35-36,48,50,52,82-84,88-89H,4-6,8-9,11-15,22-24,30-31,34,37-47,49,51,53-81H2,1-3H3,(H,93,94)(H,95,96)/b10-7-,19-16-,20-17-,21-18-,28-25-,29-26-,33-32-,36-35-,50-48-,52-27-. The molecular weight excluding hydrogens is 1360 g/mol. The van der Waals surface area contributed by atoms with Gasteiger partial charge in [0.25, 0.3) is 0 Å². The summed E-state index contributed by atoms with van der Waals surface area (Å²) < 4.78 is 61.2. The second-order valence-electron chi connectivity index (χ2n) is 27.9. The van der Waals surface area contributed by atoms with Gasteiger partial charge in [-0.25, -0.2) is 9.13 Å². The van der Waals surface area contributed by atoms with Crippen LogP contribution in [0, 0.1) is 0 Å². The van der Waals surface area contributed by atoms with Gasteiger partial charge in [0.2, 0.25) is 0 Å². The smallest absolute Gasteiger partial charge is 0.463 e. The lowest BCUT2D eigenvalue weighted by Crippen LogP contribution is -2.30. The molecule has 0 heterocycles. The van der Waals surface area contributed by atoms with E-state index in [9.17, 15) is 43.5 Å². The van der Waals surface area contributed by atoms with E-state index in [1.807, 2.05) is 0 Å². The summed E-state index contributed by atoms with van der Waals surface area (Å²) in [5, 5.41) is 20.7. The summed E-state index contributed by atoms with van der Waals surface area (Å²) in [6, 6.07) is 0. The van der Waals surface area contributed by atoms with E-state index in [2.05, 4.69) is 142 Å². The summed E-state index contributed by atoms with van der Waals surface area (Å²) in [4.78, 5) is 58.7. The second kappa shape index (κ2) is 79.5. The van der Waals surface area contributed by atoms with Gasteiger partial charge >= 0.3 is 33.6 Å². The zero-order chi connectivity index (χ0) is 76.6. The summed E-state index contributed by atoms with van der Waals surface area (Å²) in [5.74, 6) is -1.59. The van der Waals surface area contributed by atoms with Gasteiger partial charge in [0.05, 0.1) is 26.4 Å². The van der Waals surface area contributed by atoms with Crippen molar-refractivity contribution in [2.75, 3.05) is 39.6 Å². The second-order valence-corrected chi connectivity index (χ2v) is 30.8. The van der Waals surface area contributed by atoms with Crippen LogP contribution >= 0.6 is 15.6 Å². The minimum Gasteiger partial charge on any atom is -0.463 e. The normalized spacial score (nSPS) is 14.5. The molecule has 5 unspecified atom stereocenters. The van der Waals surface area contributed by atoms with Crippen LogP contribution in [0.15, 0.2) is 122 Å². The molecule has 0 aromatic carbocycles. The molecule has 0 saturated carbocycles. The highest BCUT2D eigenvalue weighted by atomic mass is 31.2. The van der Waals surface area contributed by atoms with Crippen LogP contribution in [-0.2, 0) is 55.8 Å². The van der Waals surface area contributed by atoms with Crippen LogP contribution in [0.2, 0.25) is 0 Å². The number of phosphoric ester groups is 2. The van der Waals surface area contributed by atoms with Crippen molar-refractivity contribution in [1.29, 1.82) is 0 Å². The maximum atomic E-state index is 13.0. The Morgan fingerprint density at radius 2 is 0.505 bits per heavy atom. The van der Waals surface area contributed by atoms with E-state index in [0.29, 0.717) is 19.3 Å². The lowest BCUT2D eigenvalue weighted by molar-refractivity contribution is -0.161. The number of aliphatic hydroxyl groups excluding tert-OH is 2. The number of unbranched alkanes of at least 4 members (excludes halogenated alkanes) is 36. The fourth-order valence-electron chi connectivity index (χ4n) is 11.3. The van der Waals surface area contributed by atoms with E-state index in [4.69, 9.17) is 32.3 Å². The number of carbonyl (C=O) groups excluding carboxylic acids is 3. The molecule has 4 N–H and O–H groups in total. The first-order chi connectivity index (χ1) is 51.2. The molecule has 18 heteroatoms. The van der Waals surface area contributed by atoms with Crippen molar-refractivity contribution >= 4 is 33.6 Å². The van der Waals surface area contributed by atoms with Gasteiger partial charge in [0.1, 0.15) is 25.4 Å². The molecule has 0 aliphatic heterocycles. The predicted molar refractivity (Wildman–Crippen MR) is 436 cm³/mol. The molecular formula is C87H152O16P2. The van der Waals surface area contributed by atoms with Gasteiger partial charge in [-0.15, -0.1) is 0 Å². The highest BCUT2D eigenvalue weighted by Crippen LogP contribution is 2.45. The van der Waals surface area contributed by atoms with E-state index in [0.717, 1.165) is 154 Å². The van der Waals surface area contributed by atoms with Crippen molar-refractivity contribution in [2.45, 2.75) is 373 Å². The number of allylic oxidation sites excluding steroid dienone is 20. The van der Waals surface area contributed by atoms with Crippen molar-refractivity contribution in [2.24, 2.45) is 0 Å². The molecule has 606 valence electrons. The highest BCUT2D eigenvalue weighted by Gasteiger charge is 2.29. The van der Waals surface area contributed by atoms with Crippen LogP contribution in [0.5, 0.6) is 0 Å². The average molecular weight is 1520 g/mol. The summed E-state index contributed by atoms with van der Waals surface area (Å²) in [7, 11) is -9.80. The molecule has 0 saturated heterocycles. The molecule has 0 aromatic rings. The SMILES string of the molecule is CC/C=C\C/C=C\C/C=C\C/C=C\C/C=C\CCCCCCCCCCCCCCCCCCCCCC(=O)OCC(O)COP(=O)(O)OCC(O)COP(=O)(O)OCC(COC(=O)CCCCCCCC/C=C\C/C=C\C/C=C\CCCCC)OC(=O)CCCCCCC/C=C\C/C=C\CCCCC. The van der Waals surface area contributed by atoms with Gasteiger partial charge in [-0.1, -0.05) is 322 Å². The Morgan fingerprint density at radius 1 is 0.276 bits per heavy atom. The molecule has 16 nitrogen and oxygen atoms in total. The van der Waals surface area contributed by atoms with Crippen LogP contribution in [0.3, 0.4) is 0 Å². The zero-order valence-electron chi connectivity index (χ0n) is 66.4. The van der Waals surface area contributed by atoms with Gasteiger partial charge < -0.3 is 34.2 Å². The lowest BCUT2D eigenvalue weighted by Gasteiger charge is -2.21. The Balaban J connectivity index is 4.40. The predicted octanol–water partition coefficient (Wildman–Crippen LogP) is 24.9. The highest BCUT2D eigenvalue weighted by molar-refractivity contribution is 7.47. The first-order valence-electron chi connectivity index (χ1n) is 41.8. The molecule has 0 fully saturated rings. The number of aliphatic hydroxyl groups is 2. The first kappa shape index (κ1) is 101. The number of hydrogen-bond donors (Lipinski definition) is 4. The molecule has 0 rings (SSSR count). The molecule has 0 radical (unpaired) electrons. The molecule has 105 heavy (non-hydrogen) atoms. The summed E-state index contributed by atoms with van der Waals surface area (Å²) >= 11 is 0. The first-order valence-corrected chi connectivity index (χ1v) is 44.8. The summed E-state index contributed by atoms with van der Waals surface area (Å²) in [6.07, 6.45) is 95.5. The Hall–Kier alpha value is -4.05. The monoisotopic (exact) mass is 1520 g/mol.